The lowest BCUT2D eigenvalue weighted by molar-refractivity contribution is -0.139. The molecule has 1 aliphatic rings. The number of aliphatic hydroxyl groups is 2. The predicted octanol–water partition coefficient (Wildman–Crippen LogP) is 4.49. The van der Waals surface area contributed by atoms with E-state index in [1.54, 1.807) is 18.2 Å². The Morgan fingerprint density at radius 3 is 2.18 bits per heavy atom. The summed E-state index contributed by atoms with van der Waals surface area (Å²) in [6, 6.07) is 8.95. The number of aryl methyl sites for hydroxylation is 2. The minimum absolute atomic E-state index is 0. The largest absolute Gasteiger partial charge is 0.493 e. The van der Waals surface area contributed by atoms with E-state index in [0.717, 1.165) is 11.6 Å². The summed E-state index contributed by atoms with van der Waals surface area (Å²) < 4.78 is 73.1. The second-order valence-electron chi connectivity index (χ2n) is 8.77. The fourth-order valence-corrected chi connectivity index (χ4v) is 3.93. The van der Waals surface area contributed by atoms with Gasteiger partial charge in [-0.2, -0.15) is 13.2 Å². The van der Waals surface area contributed by atoms with Crippen LogP contribution in [0.1, 0.15) is 40.7 Å². The molecule has 4 nitrogen and oxygen atoms in total. The molecule has 0 aromatic heterocycles. The molecule has 0 radical (unpaired) electrons. The van der Waals surface area contributed by atoms with Crippen LogP contribution >= 0.6 is 12.4 Å². The standard InChI is InChI=1S/C24H28F5NO3.ClH/c25-23(26)12-18-5-3-16(10-19(18)13-23)2-1-9-33-21-6-4-17(11-20(21)24(27,28)29)7-8-22(30,14-31)15-32;/h3-6,10-11,31-32H,1-2,7-9,12-15,30H2;1H. The zero-order valence-electron chi connectivity index (χ0n) is 18.5. The van der Waals surface area contributed by atoms with Crippen molar-refractivity contribution < 1.29 is 36.9 Å². The van der Waals surface area contributed by atoms with Crippen molar-refractivity contribution in [2.75, 3.05) is 19.8 Å². The molecule has 0 saturated carbocycles. The molecule has 0 saturated heterocycles. The lowest BCUT2D eigenvalue weighted by Gasteiger charge is -2.24. The molecule has 2 aromatic carbocycles. The molecule has 0 heterocycles. The minimum Gasteiger partial charge on any atom is -0.493 e. The Balaban J connectivity index is 0.00000408. The van der Waals surface area contributed by atoms with Gasteiger partial charge in [-0.15, -0.1) is 12.4 Å². The van der Waals surface area contributed by atoms with E-state index in [2.05, 4.69) is 0 Å². The van der Waals surface area contributed by atoms with E-state index in [1.165, 1.54) is 12.1 Å². The smallest absolute Gasteiger partial charge is 0.419 e. The van der Waals surface area contributed by atoms with Crippen LogP contribution in [0.15, 0.2) is 36.4 Å². The Bertz CT molecular complexity index is 964. The molecule has 190 valence electrons. The summed E-state index contributed by atoms with van der Waals surface area (Å²) in [6.07, 6.45) is -3.97. The van der Waals surface area contributed by atoms with E-state index in [-0.39, 0.29) is 50.4 Å². The van der Waals surface area contributed by atoms with Gasteiger partial charge in [-0.3, -0.25) is 0 Å². The highest BCUT2D eigenvalue weighted by Gasteiger charge is 2.37. The maximum absolute atomic E-state index is 13.6. The van der Waals surface area contributed by atoms with Crippen molar-refractivity contribution in [2.24, 2.45) is 5.73 Å². The third kappa shape index (κ3) is 7.28. The second kappa shape index (κ2) is 11.2. The van der Waals surface area contributed by atoms with Crippen LogP contribution in [-0.2, 0) is 31.9 Å². The molecule has 0 aliphatic heterocycles. The van der Waals surface area contributed by atoms with Crippen LogP contribution in [0.5, 0.6) is 5.75 Å². The molecule has 1 aliphatic carbocycles. The number of rotatable bonds is 10. The SMILES string of the molecule is Cl.NC(CO)(CO)CCc1ccc(OCCCc2ccc3c(c2)CC(F)(F)C3)c(C(F)(F)F)c1. The van der Waals surface area contributed by atoms with Gasteiger partial charge in [-0.05, 0) is 60.1 Å². The molecule has 3 rings (SSSR count). The number of fused-ring (bicyclic) bond motifs is 1. The summed E-state index contributed by atoms with van der Waals surface area (Å²) >= 11 is 0. The van der Waals surface area contributed by atoms with E-state index < -0.39 is 36.4 Å². The van der Waals surface area contributed by atoms with Crippen LogP contribution in [0, 0.1) is 0 Å². The summed E-state index contributed by atoms with van der Waals surface area (Å²) in [5.74, 6) is -3.00. The quantitative estimate of drug-likeness (QED) is 0.326. The fraction of sp³-hybridized carbons (Fsp3) is 0.500. The molecule has 0 amide bonds. The van der Waals surface area contributed by atoms with Crippen molar-refractivity contribution in [3.8, 4) is 5.75 Å². The molecule has 2 aromatic rings. The van der Waals surface area contributed by atoms with Crippen LogP contribution < -0.4 is 10.5 Å². The highest BCUT2D eigenvalue weighted by atomic mass is 35.5. The van der Waals surface area contributed by atoms with Crippen molar-refractivity contribution in [3.05, 3.63) is 64.2 Å². The number of alkyl halides is 5. The first-order valence-corrected chi connectivity index (χ1v) is 10.8. The molecule has 0 spiro atoms. The first kappa shape index (κ1) is 28.3. The molecule has 0 bridgehead atoms. The van der Waals surface area contributed by atoms with Gasteiger partial charge in [0.1, 0.15) is 5.75 Å². The van der Waals surface area contributed by atoms with Crippen LogP contribution in [0.25, 0.3) is 0 Å². The Morgan fingerprint density at radius 1 is 0.912 bits per heavy atom. The van der Waals surface area contributed by atoms with Gasteiger partial charge in [0, 0.05) is 12.8 Å². The molecular formula is C24H29ClF5NO3. The number of hydrogen-bond acceptors (Lipinski definition) is 4. The van der Waals surface area contributed by atoms with E-state index in [1.807, 2.05) is 0 Å². The Morgan fingerprint density at radius 2 is 1.53 bits per heavy atom. The van der Waals surface area contributed by atoms with Crippen LogP contribution in [0.2, 0.25) is 0 Å². The Kier molecular flexibility index (Phi) is 9.32. The van der Waals surface area contributed by atoms with E-state index >= 15 is 0 Å². The molecule has 0 unspecified atom stereocenters. The maximum atomic E-state index is 13.6. The topological polar surface area (TPSA) is 75.7 Å². The van der Waals surface area contributed by atoms with Crippen molar-refractivity contribution >= 4 is 12.4 Å². The second-order valence-corrected chi connectivity index (χ2v) is 8.77. The van der Waals surface area contributed by atoms with E-state index in [0.29, 0.717) is 29.5 Å². The van der Waals surface area contributed by atoms with Gasteiger partial charge < -0.3 is 20.7 Å². The Labute approximate surface area is 201 Å². The monoisotopic (exact) mass is 509 g/mol. The number of halogens is 6. The van der Waals surface area contributed by atoms with Gasteiger partial charge in [0.25, 0.3) is 5.92 Å². The minimum atomic E-state index is -4.62. The highest BCUT2D eigenvalue weighted by Crippen LogP contribution is 2.38. The first-order chi connectivity index (χ1) is 15.4. The summed E-state index contributed by atoms with van der Waals surface area (Å²) in [7, 11) is 0. The van der Waals surface area contributed by atoms with Gasteiger partial charge in [0.2, 0.25) is 0 Å². The summed E-state index contributed by atoms with van der Waals surface area (Å²) in [6.45, 7) is -0.927. The first-order valence-electron chi connectivity index (χ1n) is 10.8. The van der Waals surface area contributed by atoms with Crippen molar-refractivity contribution in [3.63, 3.8) is 0 Å². The van der Waals surface area contributed by atoms with Gasteiger partial charge in [-0.1, -0.05) is 24.3 Å². The molecule has 0 atom stereocenters. The third-order valence-corrected chi connectivity index (χ3v) is 5.93. The summed E-state index contributed by atoms with van der Waals surface area (Å²) in [5.41, 5.74) is 6.09. The third-order valence-electron chi connectivity index (χ3n) is 5.93. The zero-order valence-corrected chi connectivity index (χ0v) is 19.3. The normalized spacial score (nSPS) is 15.1. The highest BCUT2D eigenvalue weighted by molar-refractivity contribution is 5.85. The number of hydrogen-bond donors (Lipinski definition) is 3. The number of ether oxygens (including phenoxy) is 1. The van der Waals surface area contributed by atoms with Crippen LogP contribution in [0.3, 0.4) is 0 Å². The molecule has 34 heavy (non-hydrogen) atoms. The number of nitrogens with two attached hydrogens (primary N) is 1. The summed E-state index contributed by atoms with van der Waals surface area (Å²) in [5, 5.41) is 18.5. The van der Waals surface area contributed by atoms with Crippen molar-refractivity contribution in [1.29, 1.82) is 0 Å². The lowest BCUT2D eigenvalue weighted by Crippen LogP contribution is -2.47. The van der Waals surface area contributed by atoms with Gasteiger partial charge in [0.15, 0.2) is 0 Å². The maximum Gasteiger partial charge on any atom is 0.419 e. The average Bonchev–Trinajstić information content (AvgIpc) is 3.07. The zero-order chi connectivity index (χ0) is 24.3. The summed E-state index contributed by atoms with van der Waals surface area (Å²) in [4.78, 5) is 0. The molecule has 0 fully saturated rings. The van der Waals surface area contributed by atoms with E-state index in [9.17, 15) is 32.2 Å². The van der Waals surface area contributed by atoms with Crippen LogP contribution in [0.4, 0.5) is 22.0 Å². The molecule has 10 heteroatoms. The lowest BCUT2D eigenvalue weighted by atomic mass is 9.93. The van der Waals surface area contributed by atoms with Gasteiger partial charge in [0.05, 0.1) is 30.9 Å². The predicted molar refractivity (Wildman–Crippen MR) is 121 cm³/mol. The van der Waals surface area contributed by atoms with Gasteiger partial charge in [-0.25, -0.2) is 8.78 Å². The average molecular weight is 510 g/mol. The molecular weight excluding hydrogens is 481 g/mol. The molecule has 4 N–H and O–H groups in total. The number of benzene rings is 2. The number of aliphatic hydroxyl groups excluding tert-OH is 2. The Hall–Kier alpha value is -1.94. The van der Waals surface area contributed by atoms with Crippen molar-refractivity contribution in [1.82, 2.24) is 0 Å². The van der Waals surface area contributed by atoms with E-state index in [4.69, 9.17) is 10.5 Å². The van der Waals surface area contributed by atoms with Gasteiger partial charge >= 0.3 is 6.18 Å². The fourth-order valence-electron chi connectivity index (χ4n) is 3.93. The van der Waals surface area contributed by atoms with Crippen LogP contribution in [-0.4, -0.2) is 41.5 Å². The van der Waals surface area contributed by atoms with Crippen molar-refractivity contribution in [2.45, 2.75) is 56.2 Å².